The van der Waals surface area contributed by atoms with E-state index in [1.54, 1.807) is 30.6 Å². The molecular weight excluding hydrogens is 342 g/mol. The van der Waals surface area contributed by atoms with E-state index in [2.05, 4.69) is 20.9 Å². The van der Waals surface area contributed by atoms with Gasteiger partial charge in [-0.05, 0) is 30.3 Å². The van der Waals surface area contributed by atoms with Crippen LogP contribution in [0.3, 0.4) is 0 Å². The molecule has 0 radical (unpaired) electrons. The van der Waals surface area contributed by atoms with Gasteiger partial charge in [-0.3, -0.25) is 4.98 Å². The Morgan fingerprint density at radius 2 is 1.90 bits per heavy atom. The maximum Gasteiger partial charge on any atom is 0.201 e. The van der Waals surface area contributed by atoms with E-state index in [0.29, 0.717) is 10.2 Å². The van der Waals surface area contributed by atoms with Crippen molar-refractivity contribution < 1.29 is 13.5 Å². The molecule has 0 saturated heterocycles. The normalized spacial score (nSPS) is 10.8. The zero-order chi connectivity index (χ0) is 15.0. The number of aromatic nitrogens is 1. The summed E-state index contributed by atoms with van der Waals surface area (Å²) in [7, 11) is 0. The summed E-state index contributed by atoms with van der Waals surface area (Å²) in [6, 6.07) is 7.44. The molecule has 1 heterocycles. The Bertz CT molecular complexity index is 839. The zero-order valence-corrected chi connectivity index (χ0v) is 12.2. The van der Waals surface area contributed by atoms with Crippen LogP contribution in [0.1, 0.15) is 0 Å². The standard InChI is InChI=1S/C15H9BrF2N2O/c16-9-5-11(17)14(18)13(6-9)21-12-2-1-8-7-20-4-3-10(8)15(12)19/h1-7H,19H2. The zero-order valence-electron chi connectivity index (χ0n) is 10.6. The molecule has 0 spiro atoms. The molecule has 0 aliphatic heterocycles. The Balaban J connectivity index is 2.08. The first kappa shape index (κ1) is 13.8. The van der Waals surface area contributed by atoms with Crippen LogP contribution in [0.25, 0.3) is 10.8 Å². The molecule has 0 atom stereocenters. The predicted octanol–water partition coefficient (Wildman–Crippen LogP) is 4.65. The molecule has 3 nitrogen and oxygen atoms in total. The summed E-state index contributed by atoms with van der Waals surface area (Å²) in [5.74, 6) is -2.04. The lowest BCUT2D eigenvalue weighted by atomic mass is 10.1. The van der Waals surface area contributed by atoms with Crippen LogP contribution in [-0.2, 0) is 0 Å². The van der Waals surface area contributed by atoms with Gasteiger partial charge in [0.15, 0.2) is 17.3 Å². The van der Waals surface area contributed by atoms with Gasteiger partial charge in [0.2, 0.25) is 5.82 Å². The quantitative estimate of drug-likeness (QED) is 0.540. The molecule has 0 amide bonds. The van der Waals surface area contributed by atoms with Crippen molar-refractivity contribution >= 4 is 32.4 Å². The van der Waals surface area contributed by atoms with Crippen LogP contribution in [-0.4, -0.2) is 4.98 Å². The topological polar surface area (TPSA) is 48.1 Å². The lowest BCUT2D eigenvalue weighted by Crippen LogP contribution is -1.97. The van der Waals surface area contributed by atoms with E-state index in [1.165, 1.54) is 6.07 Å². The van der Waals surface area contributed by atoms with Gasteiger partial charge in [-0.15, -0.1) is 0 Å². The Hall–Kier alpha value is -2.21. The maximum atomic E-state index is 13.7. The van der Waals surface area contributed by atoms with E-state index >= 15 is 0 Å². The third-order valence-electron chi connectivity index (χ3n) is 3.00. The van der Waals surface area contributed by atoms with Gasteiger partial charge < -0.3 is 10.5 Å². The summed E-state index contributed by atoms with van der Waals surface area (Å²) in [5.41, 5.74) is 6.35. The van der Waals surface area contributed by atoms with Crippen LogP contribution in [0.2, 0.25) is 0 Å². The van der Waals surface area contributed by atoms with Crippen LogP contribution < -0.4 is 10.5 Å². The first-order valence-corrected chi connectivity index (χ1v) is 6.80. The third-order valence-corrected chi connectivity index (χ3v) is 3.46. The Morgan fingerprint density at radius 1 is 1.10 bits per heavy atom. The van der Waals surface area contributed by atoms with Crippen LogP contribution in [0.5, 0.6) is 11.5 Å². The van der Waals surface area contributed by atoms with Crippen molar-refractivity contribution in [2.24, 2.45) is 0 Å². The molecule has 0 saturated carbocycles. The average Bonchev–Trinajstić information content (AvgIpc) is 2.47. The van der Waals surface area contributed by atoms with Crippen LogP contribution in [0.4, 0.5) is 14.5 Å². The number of fused-ring (bicyclic) bond motifs is 1. The van der Waals surface area contributed by atoms with Crippen molar-refractivity contribution in [3.63, 3.8) is 0 Å². The molecular formula is C15H9BrF2N2O. The van der Waals surface area contributed by atoms with Gasteiger partial charge in [-0.2, -0.15) is 4.39 Å². The largest absolute Gasteiger partial charge is 0.452 e. The second kappa shape index (κ2) is 5.29. The summed E-state index contributed by atoms with van der Waals surface area (Å²) in [5, 5.41) is 1.57. The summed E-state index contributed by atoms with van der Waals surface area (Å²) >= 11 is 3.09. The number of halogens is 3. The fraction of sp³-hybridized carbons (Fsp3) is 0. The summed E-state index contributed by atoms with van der Waals surface area (Å²) in [6.07, 6.45) is 3.26. The molecule has 6 heteroatoms. The van der Waals surface area contributed by atoms with E-state index in [9.17, 15) is 8.78 Å². The highest BCUT2D eigenvalue weighted by Crippen LogP contribution is 2.35. The molecule has 0 aliphatic carbocycles. The minimum atomic E-state index is -1.06. The number of nitrogens with two attached hydrogens (primary N) is 1. The van der Waals surface area contributed by atoms with Crippen molar-refractivity contribution in [2.45, 2.75) is 0 Å². The van der Waals surface area contributed by atoms with Gasteiger partial charge in [0, 0.05) is 27.6 Å². The van der Waals surface area contributed by atoms with Gasteiger partial charge in [-0.25, -0.2) is 4.39 Å². The van der Waals surface area contributed by atoms with Gasteiger partial charge in [0.1, 0.15) is 0 Å². The first-order chi connectivity index (χ1) is 10.1. The number of benzene rings is 2. The Morgan fingerprint density at radius 3 is 2.71 bits per heavy atom. The molecule has 1 aromatic heterocycles. The smallest absolute Gasteiger partial charge is 0.201 e. The number of rotatable bonds is 2. The number of nitrogen functional groups attached to an aromatic ring is 1. The van der Waals surface area contributed by atoms with Crippen LogP contribution in [0, 0.1) is 11.6 Å². The highest BCUT2D eigenvalue weighted by atomic mass is 79.9. The highest BCUT2D eigenvalue weighted by Gasteiger charge is 2.14. The molecule has 0 aliphatic rings. The van der Waals surface area contributed by atoms with Gasteiger partial charge in [-0.1, -0.05) is 15.9 Å². The minimum absolute atomic E-state index is 0.234. The lowest BCUT2D eigenvalue weighted by Gasteiger charge is -2.12. The molecule has 3 rings (SSSR count). The first-order valence-electron chi connectivity index (χ1n) is 6.01. The third kappa shape index (κ3) is 2.54. The van der Waals surface area contributed by atoms with Crippen LogP contribution in [0.15, 0.2) is 47.2 Å². The summed E-state index contributed by atoms with van der Waals surface area (Å²) in [4.78, 5) is 3.99. The fourth-order valence-electron chi connectivity index (χ4n) is 1.99. The second-order valence-electron chi connectivity index (χ2n) is 4.38. The predicted molar refractivity (Wildman–Crippen MR) is 80.3 cm³/mol. The van der Waals surface area contributed by atoms with E-state index < -0.39 is 11.6 Å². The molecule has 106 valence electrons. The van der Waals surface area contributed by atoms with Crippen molar-refractivity contribution in [2.75, 3.05) is 5.73 Å². The average molecular weight is 351 g/mol. The molecule has 0 unspecified atom stereocenters. The van der Waals surface area contributed by atoms with Crippen molar-refractivity contribution in [3.8, 4) is 11.5 Å². The van der Waals surface area contributed by atoms with E-state index in [-0.39, 0.29) is 11.5 Å². The molecule has 21 heavy (non-hydrogen) atoms. The summed E-state index contributed by atoms with van der Waals surface area (Å²) < 4.78 is 32.9. The summed E-state index contributed by atoms with van der Waals surface area (Å²) in [6.45, 7) is 0. The number of pyridine rings is 1. The Labute approximate surface area is 127 Å². The maximum absolute atomic E-state index is 13.7. The monoisotopic (exact) mass is 350 g/mol. The van der Waals surface area contributed by atoms with Crippen LogP contribution >= 0.6 is 15.9 Å². The molecule has 0 bridgehead atoms. The SMILES string of the molecule is Nc1c(Oc2cc(Br)cc(F)c2F)ccc2cnccc12. The highest BCUT2D eigenvalue weighted by molar-refractivity contribution is 9.10. The number of nitrogens with zero attached hydrogens (tertiary/aromatic N) is 1. The fourth-order valence-corrected chi connectivity index (χ4v) is 2.40. The van der Waals surface area contributed by atoms with E-state index in [1.807, 2.05) is 0 Å². The van der Waals surface area contributed by atoms with Gasteiger partial charge >= 0.3 is 0 Å². The van der Waals surface area contributed by atoms with Gasteiger partial charge in [0.25, 0.3) is 0 Å². The molecule has 0 fully saturated rings. The van der Waals surface area contributed by atoms with E-state index in [0.717, 1.165) is 16.8 Å². The van der Waals surface area contributed by atoms with Crippen molar-refractivity contribution in [1.29, 1.82) is 0 Å². The number of ether oxygens (including phenoxy) is 1. The molecule has 3 aromatic rings. The minimum Gasteiger partial charge on any atom is -0.452 e. The van der Waals surface area contributed by atoms with Gasteiger partial charge in [0.05, 0.1) is 5.69 Å². The molecule has 2 aromatic carbocycles. The lowest BCUT2D eigenvalue weighted by molar-refractivity contribution is 0.417. The van der Waals surface area contributed by atoms with Crippen molar-refractivity contribution in [1.82, 2.24) is 4.98 Å². The number of hydrogen-bond donors (Lipinski definition) is 1. The number of anilines is 1. The Kier molecular flexibility index (Phi) is 3.47. The number of hydrogen-bond acceptors (Lipinski definition) is 3. The molecule has 2 N–H and O–H groups in total. The second-order valence-corrected chi connectivity index (χ2v) is 5.29. The van der Waals surface area contributed by atoms with Crippen molar-refractivity contribution in [3.05, 3.63) is 58.8 Å². The van der Waals surface area contributed by atoms with E-state index in [4.69, 9.17) is 10.5 Å².